The van der Waals surface area contributed by atoms with Crippen molar-refractivity contribution in [2.24, 2.45) is 5.10 Å². The topological polar surface area (TPSA) is 50.7 Å². The third kappa shape index (κ3) is 1.73. The highest BCUT2D eigenvalue weighted by Gasteiger charge is 2.15. The number of amides is 1. The molecular weight excluding hydrogens is 216 g/mol. The molecule has 0 bridgehead atoms. The summed E-state index contributed by atoms with van der Waals surface area (Å²) in [6, 6.07) is 14.0. The van der Waals surface area contributed by atoms with Crippen LogP contribution in [-0.2, 0) is 4.74 Å². The maximum Gasteiger partial charge on any atom is 0.428 e. The molecule has 3 rings (SSSR count). The number of hydrogen-bond acceptors (Lipinski definition) is 3. The van der Waals surface area contributed by atoms with Crippen molar-refractivity contribution in [1.29, 1.82) is 0 Å². The Bertz CT molecular complexity index is 614. The Morgan fingerprint density at radius 3 is 2.76 bits per heavy atom. The van der Waals surface area contributed by atoms with E-state index < -0.39 is 6.09 Å². The van der Waals surface area contributed by atoms with Gasteiger partial charge in [0.15, 0.2) is 0 Å². The highest BCUT2D eigenvalue weighted by molar-refractivity contribution is 6.12. The molecule has 0 atom stereocenters. The summed E-state index contributed by atoms with van der Waals surface area (Å²) in [5, 5.41) is 6.27. The van der Waals surface area contributed by atoms with Gasteiger partial charge in [0.25, 0.3) is 0 Å². The zero-order valence-corrected chi connectivity index (χ0v) is 9.01. The molecule has 0 saturated heterocycles. The molecule has 4 heteroatoms. The number of hydrazone groups is 1. The Morgan fingerprint density at radius 1 is 1.12 bits per heavy atom. The molecule has 0 aromatic heterocycles. The van der Waals surface area contributed by atoms with E-state index in [1.807, 2.05) is 42.5 Å². The number of nitrogens with zero attached hydrogens (tertiary/aromatic N) is 1. The van der Waals surface area contributed by atoms with Crippen LogP contribution >= 0.6 is 0 Å². The van der Waals surface area contributed by atoms with Crippen molar-refractivity contribution in [2.75, 3.05) is 6.61 Å². The molecule has 84 valence electrons. The quantitative estimate of drug-likeness (QED) is 0.811. The van der Waals surface area contributed by atoms with Gasteiger partial charge in [-0.15, -0.1) is 0 Å². The van der Waals surface area contributed by atoms with Gasteiger partial charge in [0.1, 0.15) is 12.3 Å². The number of hydrogen-bond donors (Lipinski definition) is 1. The van der Waals surface area contributed by atoms with Crippen LogP contribution in [0, 0.1) is 0 Å². The van der Waals surface area contributed by atoms with Gasteiger partial charge in [0.05, 0.1) is 0 Å². The number of benzene rings is 2. The molecule has 0 spiro atoms. The molecule has 0 aliphatic carbocycles. The standard InChI is InChI=1S/C13H10N2O2/c16-13-15-14-12(8-17-13)11-7-3-5-9-4-1-2-6-10(9)11/h1-7H,8H2,(H,15,16). The summed E-state index contributed by atoms with van der Waals surface area (Å²) >= 11 is 0. The van der Waals surface area contributed by atoms with Gasteiger partial charge in [-0.2, -0.15) is 5.10 Å². The number of carbonyl (C=O) groups is 1. The molecule has 1 heterocycles. The van der Waals surface area contributed by atoms with Gasteiger partial charge >= 0.3 is 6.09 Å². The zero-order valence-electron chi connectivity index (χ0n) is 9.01. The number of ether oxygens (including phenoxy) is 1. The van der Waals surface area contributed by atoms with Gasteiger partial charge in [0.2, 0.25) is 0 Å². The van der Waals surface area contributed by atoms with E-state index in [0.29, 0.717) is 0 Å². The first-order valence-electron chi connectivity index (χ1n) is 5.32. The van der Waals surface area contributed by atoms with Gasteiger partial charge in [0, 0.05) is 5.56 Å². The molecule has 2 aromatic rings. The van der Waals surface area contributed by atoms with Crippen LogP contribution in [0.1, 0.15) is 5.56 Å². The van der Waals surface area contributed by atoms with E-state index in [2.05, 4.69) is 10.5 Å². The SMILES string of the molecule is O=C1NN=C(c2cccc3ccccc23)CO1. The Balaban J connectivity index is 2.14. The minimum Gasteiger partial charge on any atom is -0.442 e. The molecular formula is C13H10N2O2. The van der Waals surface area contributed by atoms with E-state index in [4.69, 9.17) is 4.74 Å². The number of cyclic esters (lactones) is 1. The van der Waals surface area contributed by atoms with E-state index >= 15 is 0 Å². The third-order valence-electron chi connectivity index (χ3n) is 2.72. The summed E-state index contributed by atoms with van der Waals surface area (Å²) < 4.78 is 4.91. The minimum absolute atomic E-state index is 0.208. The fourth-order valence-electron chi connectivity index (χ4n) is 1.93. The molecule has 2 aromatic carbocycles. The summed E-state index contributed by atoms with van der Waals surface area (Å²) in [6.45, 7) is 0.208. The van der Waals surface area contributed by atoms with Crippen LogP contribution in [0.5, 0.6) is 0 Å². The average Bonchev–Trinajstić information content (AvgIpc) is 2.39. The number of rotatable bonds is 1. The molecule has 0 saturated carbocycles. The summed E-state index contributed by atoms with van der Waals surface area (Å²) in [5.74, 6) is 0. The van der Waals surface area contributed by atoms with Gasteiger partial charge in [-0.1, -0.05) is 42.5 Å². The first-order valence-corrected chi connectivity index (χ1v) is 5.32. The molecule has 0 fully saturated rings. The van der Waals surface area contributed by atoms with Crippen molar-refractivity contribution in [3.8, 4) is 0 Å². The van der Waals surface area contributed by atoms with Gasteiger partial charge in [-0.05, 0) is 10.8 Å². The van der Waals surface area contributed by atoms with Crippen LogP contribution in [0.2, 0.25) is 0 Å². The van der Waals surface area contributed by atoms with Crippen LogP contribution in [0.15, 0.2) is 47.6 Å². The average molecular weight is 226 g/mol. The molecule has 1 aliphatic heterocycles. The summed E-state index contributed by atoms with van der Waals surface area (Å²) in [5.41, 5.74) is 4.05. The van der Waals surface area contributed by atoms with Crippen molar-refractivity contribution in [3.05, 3.63) is 48.0 Å². The van der Waals surface area contributed by atoms with E-state index in [9.17, 15) is 4.79 Å². The Kier molecular flexibility index (Phi) is 2.26. The van der Waals surface area contributed by atoms with E-state index in [0.717, 1.165) is 22.0 Å². The second-order valence-corrected chi connectivity index (χ2v) is 3.77. The lowest BCUT2D eigenvalue weighted by molar-refractivity contribution is 0.157. The van der Waals surface area contributed by atoms with Crippen molar-refractivity contribution in [1.82, 2.24) is 5.43 Å². The highest BCUT2D eigenvalue weighted by Crippen LogP contribution is 2.19. The smallest absolute Gasteiger partial charge is 0.428 e. The molecule has 1 amide bonds. The van der Waals surface area contributed by atoms with Gasteiger partial charge in [-0.25, -0.2) is 10.2 Å². The second-order valence-electron chi connectivity index (χ2n) is 3.77. The normalized spacial score (nSPS) is 15.1. The van der Waals surface area contributed by atoms with Gasteiger partial charge < -0.3 is 4.74 Å². The molecule has 4 nitrogen and oxygen atoms in total. The van der Waals surface area contributed by atoms with Crippen molar-refractivity contribution in [2.45, 2.75) is 0 Å². The number of carbonyl (C=O) groups excluding carboxylic acids is 1. The Labute approximate surface area is 97.9 Å². The van der Waals surface area contributed by atoms with Crippen LogP contribution in [0.3, 0.4) is 0 Å². The van der Waals surface area contributed by atoms with Crippen molar-refractivity contribution < 1.29 is 9.53 Å². The van der Waals surface area contributed by atoms with Gasteiger partial charge in [-0.3, -0.25) is 0 Å². The zero-order chi connectivity index (χ0) is 11.7. The monoisotopic (exact) mass is 226 g/mol. The first-order chi connectivity index (χ1) is 8.34. The van der Waals surface area contributed by atoms with Crippen molar-refractivity contribution >= 4 is 22.6 Å². The molecule has 0 radical (unpaired) electrons. The minimum atomic E-state index is -0.506. The van der Waals surface area contributed by atoms with Crippen LogP contribution in [0.4, 0.5) is 4.79 Å². The molecule has 1 N–H and O–H groups in total. The summed E-state index contributed by atoms with van der Waals surface area (Å²) in [6.07, 6.45) is -0.506. The van der Waals surface area contributed by atoms with E-state index in [1.165, 1.54) is 0 Å². The molecule has 17 heavy (non-hydrogen) atoms. The van der Waals surface area contributed by atoms with E-state index in [-0.39, 0.29) is 6.61 Å². The summed E-state index contributed by atoms with van der Waals surface area (Å²) in [4.78, 5) is 10.9. The highest BCUT2D eigenvalue weighted by atomic mass is 16.6. The maximum atomic E-state index is 10.9. The van der Waals surface area contributed by atoms with E-state index in [1.54, 1.807) is 0 Å². The van der Waals surface area contributed by atoms with Crippen LogP contribution in [-0.4, -0.2) is 18.4 Å². The first kappa shape index (κ1) is 9.84. The predicted molar refractivity (Wildman–Crippen MR) is 65.0 cm³/mol. The lowest BCUT2D eigenvalue weighted by Crippen LogP contribution is -2.30. The Hall–Kier alpha value is -2.36. The lowest BCUT2D eigenvalue weighted by atomic mass is 10.0. The van der Waals surface area contributed by atoms with Crippen LogP contribution < -0.4 is 5.43 Å². The lowest BCUT2D eigenvalue weighted by Gasteiger charge is -2.14. The number of fused-ring (bicyclic) bond motifs is 1. The molecule has 0 unspecified atom stereocenters. The fourth-order valence-corrected chi connectivity index (χ4v) is 1.93. The van der Waals surface area contributed by atoms with Crippen LogP contribution in [0.25, 0.3) is 10.8 Å². The summed E-state index contributed by atoms with van der Waals surface area (Å²) in [7, 11) is 0. The largest absolute Gasteiger partial charge is 0.442 e. The second kappa shape index (κ2) is 3.90. The molecule has 1 aliphatic rings. The third-order valence-corrected chi connectivity index (χ3v) is 2.72. The predicted octanol–water partition coefficient (Wildman–Crippen LogP) is 2.28. The Morgan fingerprint density at radius 2 is 1.94 bits per heavy atom. The number of nitrogens with one attached hydrogen (secondary N) is 1. The fraction of sp³-hybridized carbons (Fsp3) is 0.0769. The maximum absolute atomic E-state index is 10.9. The van der Waals surface area contributed by atoms with Crippen molar-refractivity contribution in [3.63, 3.8) is 0 Å².